The van der Waals surface area contributed by atoms with Crippen LogP contribution in [0.5, 0.6) is 0 Å². The van der Waals surface area contributed by atoms with Crippen molar-refractivity contribution in [3.05, 3.63) is 223 Å². The first-order chi connectivity index (χ1) is 51.6. The number of rotatable bonds is 6. The molecule has 0 aromatic heterocycles. The first-order valence-corrected chi connectivity index (χ1v) is 37.5. The lowest BCUT2D eigenvalue weighted by molar-refractivity contribution is -0.149. The largest absolute Gasteiger partial charge is 0.459 e. The maximum Gasteiger partial charge on any atom is 0.337 e. The zero-order valence-corrected chi connectivity index (χ0v) is 53.8. The SMILES string of the molecule is O=C1OCc2cccc(c2)COC(=O)[C@]2(N=C(c3ccccc3)c3ccccc3)C34C5=C6c7c8c9c%10c(c%11c%12c3c3c5c5c%13c%14c%15c%16c%17c(c7c7c9c9c%18c%10c%10c%11c%11c%12c%12c3c%13c3c%13c%14c%14c%16c%16c%17c7c9c7c%16c9c%14c%13c%13c(c%123)c%11c3c%10c%18c7c9c3%13)C63C5%15[C@@]13N=C(c1ccccc1)c1ccccc1)C842. The number of benzene rings is 21. The third kappa shape index (κ3) is 2.82. The number of ether oxygens (including phenoxy) is 2. The molecule has 4 unspecified atom stereocenters. The molecule has 6 bridgehead atoms. The van der Waals surface area contributed by atoms with Gasteiger partial charge >= 0.3 is 11.9 Å². The van der Waals surface area contributed by atoms with Crippen molar-refractivity contribution in [2.45, 2.75) is 46.0 Å². The van der Waals surface area contributed by atoms with Gasteiger partial charge in [-0.1, -0.05) is 140 Å². The fourth-order valence-corrected chi connectivity index (χ4v) is 32.2. The molecular formula is C98H28N2O4. The predicted molar refractivity (Wildman–Crippen MR) is 415 cm³/mol. The number of hydrogen-bond donors (Lipinski definition) is 0. The molecule has 1 aliphatic heterocycles. The van der Waals surface area contributed by atoms with Crippen LogP contribution in [0.2, 0.25) is 0 Å². The minimum absolute atomic E-state index is 0.0124. The fraction of sp³-hybridized carbons (Fsp3) is 0.0816. The lowest BCUT2D eigenvalue weighted by atomic mass is 9.60. The van der Waals surface area contributed by atoms with Crippen LogP contribution >= 0.6 is 0 Å². The van der Waals surface area contributed by atoms with Crippen molar-refractivity contribution < 1.29 is 19.1 Å². The summed E-state index contributed by atoms with van der Waals surface area (Å²) >= 11 is 0. The number of carbonyl (C=O) groups excluding carboxylic acids is 2. The Morgan fingerprint density at radius 1 is 0.240 bits per heavy atom. The van der Waals surface area contributed by atoms with Crippen LogP contribution in [0.1, 0.15) is 77.9 Å². The van der Waals surface area contributed by atoms with E-state index in [1.54, 1.807) is 0 Å². The van der Waals surface area contributed by atoms with E-state index in [1.165, 1.54) is 303 Å². The van der Waals surface area contributed by atoms with E-state index in [-0.39, 0.29) is 25.2 Å². The summed E-state index contributed by atoms with van der Waals surface area (Å²) in [6, 6.07) is 51.6. The maximum atomic E-state index is 18.9. The maximum absolute atomic E-state index is 18.9. The highest BCUT2D eigenvalue weighted by molar-refractivity contribution is 6.80. The molecule has 6 heteroatoms. The van der Waals surface area contributed by atoms with Crippen molar-refractivity contribution in [2.24, 2.45) is 9.98 Å². The third-order valence-corrected chi connectivity index (χ3v) is 33.2. The molecule has 6 nitrogen and oxygen atoms in total. The molecule has 29 aromatic rings. The molecule has 0 saturated heterocycles. The van der Waals surface area contributed by atoms with Crippen LogP contribution in [0.4, 0.5) is 0 Å². The zero-order chi connectivity index (χ0) is 64.3. The second-order valence-electron chi connectivity index (χ2n) is 34.8. The molecule has 104 heavy (non-hydrogen) atoms. The summed E-state index contributed by atoms with van der Waals surface area (Å²) in [7, 11) is 0. The standard InChI is InChI=1S/C98H28N2O4/c101-91-97(99-89(29-16-5-1-6-17-29)30-18-7-2-8-19-30)93-81-69-61-53-45-37-34-33-35-40-44-38(33)46-42-36(34)39-43(37)55(61)63-57-48(39)52-50(42)60-54(46)62-56(44)64-58-47(40)51-49(41(35)45)59(53)73(81)75-65(51)68(58)78-79(85(75)93)88-87-80-77(83(71(63)69)95(87,93)97)67(57)66(52)76-74(60)82-70(62)72(64)84(78)96(88)94(82,86(76)80)98(96,92(102)104-26-28-15-13-14-27(24-28)25-103-91)100-90(31-20-9-3-10-21-31)32-22-11-4-12-23-32/h1-24H,25-26H2/t93?,94?,95?,96?,97-,98+. The average Bonchev–Trinajstić information content (AvgIpc) is 1.34. The van der Waals surface area contributed by atoms with E-state index in [1.807, 2.05) is 0 Å². The van der Waals surface area contributed by atoms with Gasteiger partial charge in [-0.25, -0.2) is 9.59 Å². The van der Waals surface area contributed by atoms with Crippen LogP contribution in [0.15, 0.2) is 156 Å². The summed E-state index contributed by atoms with van der Waals surface area (Å²) < 4.78 is 15.3. The summed E-state index contributed by atoms with van der Waals surface area (Å²) in [5, 5.41) is 65.7. The van der Waals surface area contributed by atoms with Gasteiger partial charge in [0.05, 0.1) is 33.1 Å². The zero-order valence-electron chi connectivity index (χ0n) is 53.8. The molecule has 454 valence electrons. The van der Waals surface area contributed by atoms with Gasteiger partial charge in [-0.3, -0.25) is 9.98 Å². The van der Waals surface area contributed by atoms with E-state index in [4.69, 9.17) is 19.5 Å². The van der Waals surface area contributed by atoms with Gasteiger partial charge in [-0.05, 0) is 321 Å². The summed E-state index contributed by atoms with van der Waals surface area (Å²) in [5.74, 6) is -0.566. The molecule has 6 atom stereocenters. The number of hydrogen-bond acceptors (Lipinski definition) is 6. The number of aliphatic imine (C=N–C) groups is 2. The van der Waals surface area contributed by atoms with E-state index in [0.717, 1.165) is 44.8 Å². The molecule has 2 fully saturated rings. The third-order valence-electron chi connectivity index (χ3n) is 33.2. The van der Waals surface area contributed by atoms with Gasteiger partial charge in [0, 0.05) is 22.3 Å². The topological polar surface area (TPSA) is 77.3 Å². The summed E-state index contributed by atoms with van der Waals surface area (Å²) in [5.41, 5.74) is 11.7. The molecule has 1 heterocycles. The Labute approximate surface area is 577 Å². The van der Waals surface area contributed by atoms with Crippen molar-refractivity contribution in [3.63, 3.8) is 0 Å². The van der Waals surface area contributed by atoms with E-state index >= 15 is 9.59 Å². The molecule has 11 aliphatic rings. The monoisotopic (exact) mass is 1300 g/mol. The molecular weight excluding hydrogens is 1270 g/mol. The molecule has 0 amide bonds. The van der Waals surface area contributed by atoms with Gasteiger partial charge in [0.2, 0.25) is 0 Å². The second-order valence-corrected chi connectivity index (χ2v) is 34.8. The Bertz CT molecular complexity index is 9050. The fourth-order valence-electron chi connectivity index (χ4n) is 32.2. The first kappa shape index (κ1) is 44.4. The number of fused-ring (bicyclic) bond motifs is 2. The van der Waals surface area contributed by atoms with Crippen LogP contribution in [0, 0.1) is 0 Å². The van der Waals surface area contributed by atoms with Crippen molar-refractivity contribution in [3.8, 4) is 0 Å². The van der Waals surface area contributed by atoms with Crippen molar-refractivity contribution >= 4 is 282 Å². The van der Waals surface area contributed by atoms with Crippen molar-refractivity contribution in [2.75, 3.05) is 0 Å². The van der Waals surface area contributed by atoms with Crippen molar-refractivity contribution in [1.82, 2.24) is 0 Å². The minimum atomic E-state index is -1.68. The van der Waals surface area contributed by atoms with E-state index < -0.39 is 32.7 Å². The summed E-state index contributed by atoms with van der Waals surface area (Å²) in [6.07, 6.45) is 0. The Kier molecular flexibility index (Phi) is 4.84. The van der Waals surface area contributed by atoms with Gasteiger partial charge in [0.25, 0.3) is 0 Å². The van der Waals surface area contributed by atoms with E-state index in [0.29, 0.717) is 0 Å². The molecule has 4 spiro atoms. The van der Waals surface area contributed by atoms with Gasteiger partial charge in [0.1, 0.15) is 13.2 Å². The Hall–Kier alpha value is -12.9. The summed E-state index contributed by atoms with van der Waals surface area (Å²) in [4.78, 5) is 51.6. The van der Waals surface area contributed by atoms with Gasteiger partial charge in [-0.2, -0.15) is 0 Å². The highest BCUT2D eigenvalue weighted by Crippen LogP contribution is 3.02. The lowest BCUT2D eigenvalue weighted by Gasteiger charge is -2.39. The first-order valence-electron chi connectivity index (χ1n) is 37.5. The van der Waals surface area contributed by atoms with Crippen LogP contribution in [0.3, 0.4) is 0 Å². The van der Waals surface area contributed by atoms with Crippen LogP contribution in [-0.2, 0) is 53.9 Å². The molecule has 40 rings (SSSR count). The lowest BCUT2D eigenvalue weighted by Crippen LogP contribution is -2.36. The number of cyclic esters (lactones) is 2. The Morgan fingerprint density at radius 2 is 0.462 bits per heavy atom. The summed E-state index contributed by atoms with van der Waals surface area (Å²) in [6.45, 7) is 0.0248. The smallest absolute Gasteiger partial charge is 0.337 e. The Morgan fingerprint density at radius 3 is 0.721 bits per heavy atom. The molecule has 2 saturated carbocycles. The molecule has 10 aliphatic carbocycles. The minimum Gasteiger partial charge on any atom is -0.459 e. The number of carbonyl (C=O) groups is 2. The van der Waals surface area contributed by atoms with Gasteiger partial charge < -0.3 is 9.47 Å². The van der Waals surface area contributed by atoms with Crippen LogP contribution in [-0.4, -0.2) is 34.4 Å². The van der Waals surface area contributed by atoms with Crippen LogP contribution < -0.4 is 0 Å². The van der Waals surface area contributed by atoms with E-state index in [9.17, 15) is 0 Å². The Balaban J connectivity index is 0.910. The van der Waals surface area contributed by atoms with Crippen LogP contribution in [0.25, 0.3) is 259 Å². The van der Waals surface area contributed by atoms with E-state index in [2.05, 4.69) is 146 Å². The second kappa shape index (κ2) is 11.3. The average molecular weight is 1300 g/mol. The number of esters is 2. The molecule has 0 N–H and O–H groups in total. The highest BCUT2D eigenvalue weighted by atomic mass is 16.5. The molecule has 29 aromatic carbocycles. The van der Waals surface area contributed by atoms with Crippen molar-refractivity contribution in [1.29, 1.82) is 0 Å². The predicted octanol–water partition coefficient (Wildman–Crippen LogP) is 21.2. The quantitative estimate of drug-likeness (QED) is 0.0944. The van der Waals surface area contributed by atoms with Gasteiger partial charge in [0.15, 0.2) is 11.1 Å². The molecule has 0 radical (unpaired) electrons. The van der Waals surface area contributed by atoms with Gasteiger partial charge in [-0.15, -0.1) is 0 Å². The normalized spacial score (nSPS) is 26.0. The number of nitrogens with zero attached hydrogens (tertiary/aromatic N) is 2. The highest BCUT2D eigenvalue weighted by Gasteiger charge is 3.06.